The molecule has 1 aromatic heterocycles. The number of nitrogens with zero attached hydrogens (tertiary/aromatic N) is 1. The topological polar surface area (TPSA) is 57.5 Å². The van der Waals surface area contributed by atoms with Gasteiger partial charge in [-0.15, -0.1) is 0 Å². The second-order valence-corrected chi connectivity index (χ2v) is 5.77. The van der Waals surface area contributed by atoms with Crippen LogP contribution in [-0.4, -0.2) is 23.6 Å². The highest BCUT2D eigenvalue weighted by Gasteiger charge is 2.20. The fraction of sp³-hybridized carbons (Fsp3) is 0.143. The molecular weight excluding hydrogens is 330 g/mol. The van der Waals surface area contributed by atoms with Crippen LogP contribution >= 0.6 is 0 Å². The lowest BCUT2D eigenvalue weighted by Gasteiger charge is -2.16. The van der Waals surface area contributed by atoms with Crippen molar-refractivity contribution >= 4 is 11.9 Å². The van der Waals surface area contributed by atoms with Crippen molar-refractivity contribution in [2.45, 2.75) is 12.5 Å². The lowest BCUT2D eigenvalue weighted by atomic mass is 10.1. The molecule has 5 heteroatoms. The first-order valence-corrected chi connectivity index (χ1v) is 8.24. The molecule has 1 heterocycles. The van der Waals surface area contributed by atoms with Gasteiger partial charge in [0, 0.05) is 18.8 Å². The van der Waals surface area contributed by atoms with Crippen molar-refractivity contribution < 1.29 is 19.1 Å². The number of hydrogen-bond donors (Lipinski definition) is 0. The molecule has 0 aliphatic heterocycles. The Morgan fingerprint density at radius 2 is 1.58 bits per heavy atom. The van der Waals surface area contributed by atoms with Crippen LogP contribution in [-0.2, 0) is 16.0 Å². The molecule has 1 atom stereocenters. The van der Waals surface area contributed by atoms with Gasteiger partial charge < -0.3 is 14.0 Å². The molecule has 3 rings (SSSR count). The van der Waals surface area contributed by atoms with Gasteiger partial charge in [-0.2, -0.15) is 0 Å². The Labute approximate surface area is 151 Å². The Morgan fingerprint density at radius 3 is 2.19 bits per heavy atom. The van der Waals surface area contributed by atoms with Crippen LogP contribution in [0, 0.1) is 0 Å². The van der Waals surface area contributed by atoms with E-state index in [1.54, 1.807) is 36.4 Å². The van der Waals surface area contributed by atoms with Gasteiger partial charge >= 0.3 is 11.9 Å². The highest BCUT2D eigenvalue weighted by molar-refractivity contribution is 5.90. The SMILES string of the molecule is COC(=O)C(Cc1ccc(OC(=O)c2ccccc2)cc1)n1cccc1. The maximum atomic E-state index is 12.1. The van der Waals surface area contributed by atoms with E-state index < -0.39 is 12.0 Å². The van der Waals surface area contributed by atoms with E-state index in [9.17, 15) is 9.59 Å². The fourth-order valence-electron chi connectivity index (χ4n) is 2.66. The fourth-order valence-corrected chi connectivity index (χ4v) is 2.66. The minimum atomic E-state index is -0.437. The van der Waals surface area contributed by atoms with Crippen molar-refractivity contribution in [2.24, 2.45) is 0 Å². The van der Waals surface area contributed by atoms with Crippen molar-refractivity contribution in [2.75, 3.05) is 7.11 Å². The molecule has 0 aliphatic carbocycles. The van der Waals surface area contributed by atoms with Gasteiger partial charge in [-0.05, 0) is 42.0 Å². The Hall–Kier alpha value is -3.34. The third-order valence-corrected chi connectivity index (χ3v) is 4.03. The summed E-state index contributed by atoms with van der Waals surface area (Å²) in [6.45, 7) is 0. The number of carbonyl (C=O) groups is 2. The van der Waals surface area contributed by atoms with Crippen molar-refractivity contribution in [3.63, 3.8) is 0 Å². The summed E-state index contributed by atoms with van der Waals surface area (Å²) < 4.78 is 12.1. The van der Waals surface area contributed by atoms with Crippen molar-refractivity contribution in [3.05, 3.63) is 90.3 Å². The molecule has 2 aromatic carbocycles. The quantitative estimate of drug-likeness (QED) is 0.503. The second kappa shape index (κ2) is 8.16. The third kappa shape index (κ3) is 4.19. The minimum Gasteiger partial charge on any atom is -0.467 e. The molecular formula is C21H19NO4. The van der Waals surface area contributed by atoms with Gasteiger partial charge in [0.05, 0.1) is 12.7 Å². The molecule has 0 spiro atoms. The lowest BCUT2D eigenvalue weighted by Crippen LogP contribution is -2.22. The van der Waals surface area contributed by atoms with E-state index in [1.807, 2.05) is 47.3 Å². The predicted molar refractivity (Wildman–Crippen MR) is 97.0 cm³/mol. The second-order valence-electron chi connectivity index (χ2n) is 5.77. The predicted octanol–water partition coefficient (Wildman–Crippen LogP) is 3.66. The number of hydrogen-bond acceptors (Lipinski definition) is 4. The van der Waals surface area contributed by atoms with Gasteiger partial charge in [0.1, 0.15) is 11.8 Å². The number of ether oxygens (including phenoxy) is 2. The summed E-state index contributed by atoms with van der Waals surface area (Å²) in [5.41, 5.74) is 1.43. The van der Waals surface area contributed by atoms with Crippen LogP contribution in [0.1, 0.15) is 22.0 Å². The molecule has 0 saturated heterocycles. The molecule has 132 valence electrons. The standard InChI is InChI=1S/C21H19NO4/c1-25-21(24)19(22-13-5-6-14-22)15-16-9-11-18(12-10-16)26-20(23)17-7-3-2-4-8-17/h2-14,19H,15H2,1H3. The van der Waals surface area contributed by atoms with Gasteiger partial charge in [-0.3, -0.25) is 0 Å². The van der Waals surface area contributed by atoms with E-state index in [4.69, 9.17) is 9.47 Å². The summed E-state index contributed by atoms with van der Waals surface area (Å²) in [5, 5.41) is 0. The zero-order valence-corrected chi connectivity index (χ0v) is 14.4. The highest BCUT2D eigenvalue weighted by Crippen LogP contribution is 2.20. The summed E-state index contributed by atoms with van der Waals surface area (Å²) >= 11 is 0. The van der Waals surface area contributed by atoms with Crippen LogP contribution in [0.4, 0.5) is 0 Å². The van der Waals surface area contributed by atoms with E-state index in [0.717, 1.165) is 5.56 Å². The Kier molecular flexibility index (Phi) is 5.49. The van der Waals surface area contributed by atoms with Crippen LogP contribution in [0.15, 0.2) is 79.1 Å². The first-order valence-electron chi connectivity index (χ1n) is 8.24. The Balaban J connectivity index is 1.69. The van der Waals surface area contributed by atoms with Crippen molar-refractivity contribution in [1.29, 1.82) is 0 Å². The number of methoxy groups -OCH3 is 1. The van der Waals surface area contributed by atoms with Gasteiger partial charge in [0.2, 0.25) is 0 Å². The van der Waals surface area contributed by atoms with Crippen LogP contribution in [0.3, 0.4) is 0 Å². The number of rotatable bonds is 6. The van der Waals surface area contributed by atoms with Gasteiger partial charge in [0.15, 0.2) is 0 Å². The Bertz CT molecular complexity index is 855. The van der Waals surface area contributed by atoms with E-state index in [-0.39, 0.29) is 5.97 Å². The first kappa shape index (κ1) is 17.5. The maximum absolute atomic E-state index is 12.1. The molecule has 0 bridgehead atoms. The van der Waals surface area contributed by atoms with E-state index in [2.05, 4.69) is 0 Å². The van der Waals surface area contributed by atoms with E-state index in [1.165, 1.54) is 7.11 Å². The van der Waals surface area contributed by atoms with E-state index in [0.29, 0.717) is 17.7 Å². The summed E-state index contributed by atoms with van der Waals surface area (Å²) in [6, 6.07) is 19.2. The summed E-state index contributed by atoms with van der Waals surface area (Å²) in [4.78, 5) is 24.1. The molecule has 0 fully saturated rings. The van der Waals surface area contributed by atoms with Crippen LogP contribution in [0.25, 0.3) is 0 Å². The normalized spacial score (nSPS) is 11.6. The summed E-state index contributed by atoms with van der Waals surface area (Å²) in [5.74, 6) is -0.253. The molecule has 0 saturated carbocycles. The van der Waals surface area contributed by atoms with Gasteiger partial charge in [-0.25, -0.2) is 9.59 Å². The number of benzene rings is 2. The summed E-state index contributed by atoms with van der Waals surface area (Å²) in [6.07, 6.45) is 4.14. The third-order valence-electron chi connectivity index (χ3n) is 4.03. The molecule has 0 N–H and O–H groups in total. The van der Waals surface area contributed by atoms with Gasteiger partial charge in [-0.1, -0.05) is 30.3 Å². The van der Waals surface area contributed by atoms with Gasteiger partial charge in [0.25, 0.3) is 0 Å². The molecule has 1 unspecified atom stereocenters. The number of esters is 2. The molecule has 0 amide bonds. The average molecular weight is 349 g/mol. The monoisotopic (exact) mass is 349 g/mol. The minimum absolute atomic E-state index is 0.305. The van der Waals surface area contributed by atoms with Crippen LogP contribution in [0.5, 0.6) is 5.75 Å². The maximum Gasteiger partial charge on any atom is 0.343 e. The zero-order chi connectivity index (χ0) is 18.4. The lowest BCUT2D eigenvalue weighted by molar-refractivity contribution is -0.144. The van der Waals surface area contributed by atoms with Crippen molar-refractivity contribution in [3.8, 4) is 5.75 Å². The highest BCUT2D eigenvalue weighted by atomic mass is 16.5. The van der Waals surface area contributed by atoms with Crippen LogP contribution < -0.4 is 4.74 Å². The first-order chi connectivity index (χ1) is 12.7. The Morgan fingerprint density at radius 1 is 0.923 bits per heavy atom. The van der Waals surface area contributed by atoms with Crippen molar-refractivity contribution in [1.82, 2.24) is 4.57 Å². The molecule has 0 aliphatic rings. The molecule has 5 nitrogen and oxygen atoms in total. The zero-order valence-electron chi connectivity index (χ0n) is 14.4. The molecule has 3 aromatic rings. The largest absolute Gasteiger partial charge is 0.467 e. The number of carbonyl (C=O) groups excluding carboxylic acids is 2. The number of aromatic nitrogens is 1. The van der Waals surface area contributed by atoms with Crippen LogP contribution in [0.2, 0.25) is 0 Å². The molecule has 0 radical (unpaired) electrons. The summed E-state index contributed by atoms with van der Waals surface area (Å²) in [7, 11) is 1.38. The molecule has 26 heavy (non-hydrogen) atoms. The average Bonchev–Trinajstić information content (AvgIpc) is 3.22. The van der Waals surface area contributed by atoms with E-state index >= 15 is 0 Å². The smallest absolute Gasteiger partial charge is 0.343 e.